The van der Waals surface area contributed by atoms with Crippen molar-refractivity contribution >= 4 is 16.6 Å². The van der Waals surface area contributed by atoms with Gasteiger partial charge in [-0.1, -0.05) is 68.2 Å². The average Bonchev–Trinajstić information content (AvgIpc) is 2.38. The van der Waals surface area contributed by atoms with Crippen LogP contribution in [-0.4, -0.2) is 23.2 Å². The summed E-state index contributed by atoms with van der Waals surface area (Å²) in [4.78, 5) is 0. The van der Waals surface area contributed by atoms with Gasteiger partial charge < -0.3 is 8.85 Å². The third-order valence-corrected chi connectivity index (χ3v) is 16.1. The van der Waals surface area contributed by atoms with Crippen LogP contribution in [0, 0.1) is 17.9 Å². The molecule has 0 bridgehead atoms. The van der Waals surface area contributed by atoms with E-state index in [1.54, 1.807) is 0 Å². The summed E-state index contributed by atoms with van der Waals surface area (Å²) in [7, 11) is -3.59. The van der Waals surface area contributed by atoms with E-state index >= 15 is 0 Å². The Balaban J connectivity index is 4.93. The summed E-state index contributed by atoms with van der Waals surface area (Å²) in [5.41, 5.74) is 1.68. The molecule has 0 amide bonds. The second-order valence-corrected chi connectivity index (χ2v) is 19.8. The Morgan fingerprint density at radius 3 is 1.58 bits per heavy atom. The third-order valence-electron chi connectivity index (χ3n) is 5.74. The minimum absolute atomic E-state index is 0.206. The first kappa shape index (κ1) is 23.8. The minimum atomic E-state index is -1.89. The zero-order valence-electron chi connectivity index (χ0n) is 18.3. The fourth-order valence-corrected chi connectivity index (χ4v) is 9.21. The van der Waals surface area contributed by atoms with Gasteiger partial charge in [0.05, 0.1) is 6.11 Å². The molecule has 0 unspecified atom stereocenters. The molecule has 0 aromatic carbocycles. The second kappa shape index (κ2) is 8.91. The molecule has 0 aliphatic carbocycles. The molecule has 0 N–H and O–H groups in total. The highest BCUT2D eigenvalue weighted by molar-refractivity contribution is 6.78. The van der Waals surface area contributed by atoms with E-state index in [1.807, 2.05) is 0 Å². The first-order chi connectivity index (χ1) is 10.7. The lowest BCUT2D eigenvalue weighted by molar-refractivity contribution is 0.262. The normalized spacial score (nSPS) is 14.8. The maximum absolute atomic E-state index is 6.32. The van der Waals surface area contributed by atoms with E-state index in [2.05, 4.69) is 94.4 Å². The van der Waals surface area contributed by atoms with Crippen molar-refractivity contribution < 1.29 is 8.85 Å². The van der Waals surface area contributed by atoms with Crippen molar-refractivity contribution in [1.29, 1.82) is 0 Å². The van der Waals surface area contributed by atoms with Crippen LogP contribution in [0.2, 0.25) is 34.8 Å². The Morgan fingerprint density at radius 2 is 1.25 bits per heavy atom. The van der Waals surface area contributed by atoms with E-state index < -0.39 is 16.6 Å². The lowest BCUT2D eigenvalue weighted by atomic mass is 10.2. The van der Waals surface area contributed by atoms with E-state index in [1.165, 1.54) is 0 Å². The molecule has 0 fully saturated rings. The van der Waals surface area contributed by atoms with Crippen molar-refractivity contribution in [2.24, 2.45) is 5.92 Å². The molecule has 0 saturated heterocycles. The molecule has 142 valence electrons. The predicted octanol–water partition coefficient (Wildman–Crippen LogP) is 6.80. The first-order valence-electron chi connectivity index (χ1n) is 9.51. The standard InChI is InChI=1S/C20H42O2Si2/c1-16(2)24(17(3)4,18(5)6)21-14-13-19(7)15-22-23(11,12)20(8,9)10/h16-19H,15H2,1-12H3/t19-/m0/s1. The van der Waals surface area contributed by atoms with Crippen LogP contribution in [0.25, 0.3) is 0 Å². The molecule has 4 heteroatoms. The van der Waals surface area contributed by atoms with Crippen molar-refractivity contribution in [3.63, 3.8) is 0 Å². The van der Waals surface area contributed by atoms with Crippen LogP contribution in [0.3, 0.4) is 0 Å². The van der Waals surface area contributed by atoms with Crippen LogP contribution in [0.4, 0.5) is 0 Å². The summed E-state index contributed by atoms with van der Waals surface area (Å²) < 4.78 is 12.6. The Hall–Kier alpha value is -0.246. The summed E-state index contributed by atoms with van der Waals surface area (Å²) in [5, 5.41) is 0.242. The Bertz CT molecular complexity index is 415. The highest BCUT2D eigenvalue weighted by atomic mass is 28.4. The maximum atomic E-state index is 6.32. The van der Waals surface area contributed by atoms with Gasteiger partial charge in [-0.2, -0.15) is 0 Å². The lowest BCUT2D eigenvalue weighted by Crippen LogP contribution is -2.46. The molecule has 0 aromatic rings. The van der Waals surface area contributed by atoms with Gasteiger partial charge in [-0.3, -0.25) is 0 Å². The quantitative estimate of drug-likeness (QED) is 0.362. The molecule has 2 nitrogen and oxygen atoms in total. The van der Waals surface area contributed by atoms with Gasteiger partial charge in [-0.25, -0.2) is 0 Å². The largest absolute Gasteiger partial charge is 0.500 e. The van der Waals surface area contributed by atoms with Crippen molar-refractivity contribution in [3.8, 4) is 12.0 Å². The summed E-state index contributed by atoms with van der Waals surface area (Å²) in [6.45, 7) is 28.0. The van der Waals surface area contributed by atoms with Crippen LogP contribution in [-0.2, 0) is 8.85 Å². The van der Waals surface area contributed by atoms with Gasteiger partial charge in [0.25, 0.3) is 8.32 Å². The fraction of sp³-hybridized carbons (Fsp3) is 0.900. The van der Waals surface area contributed by atoms with Gasteiger partial charge in [-0.05, 0) is 41.7 Å². The SMILES string of the molecule is CC(C)[Si](OC#C[C@H](C)CO[Si](C)(C)C(C)(C)C)(C(C)C)C(C)C. The maximum Gasteiger partial charge on any atom is 0.272 e. The van der Waals surface area contributed by atoms with Gasteiger partial charge in [0.1, 0.15) is 0 Å². The Kier molecular flexibility index (Phi) is 8.82. The number of rotatable bonds is 7. The molecule has 0 aromatic heterocycles. The zero-order valence-corrected chi connectivity index (χ0v) is 20.3. The highest BCUT2D eigenvalue weighted by Crippen LogP contribution is 2.42. The molecule has 0 rings (SSSR count). The first-order valence-corrected chi connectivity index (χ1v) is 14.6. The van der Waals surface area contributed by atoms with Gasteiger partial charge in [0.2, 0.25) is 0 Å². The van der Waals surface area contributed by atoms with Crippen LogP contribution in [0.15, 0.2) is 0 Å². The fourth-order valence-electron chi connectivity index (χ4n) is 3.16. The molecule has 0 aliphatic rings. The van der Waals surface area contributed by atoms with E-state index in [-0.39, 0.29) is 11.0 Å². The van der Waals surface area contributed by atoms with Crippen molar-refractivity contribution in [2.75, 3.05) is 6.61 Å². The summed E-state index contributed by atoms with van der Waals surface area (Å²) in [6, 6.07) is 0. The van der Waals surface area contributed by atoms with Crippen molar-refractivity contribution in [3.05, 3.63) is 0 Å². The smallest absolute Gasteiger partial charge is 0.272 e. The zero-order chi connectivity index (χ0) is 19.3. The predicted molar refractivity (Wildman–Crippen MR) is 112 cm³/mol. The van der Waals surface area contributed by atoms with E-state index in [9.17, 15) is 0 Å². The van der Waals surface area contributed by atoms with E-state index in [0.29, 0.717) is 23.2 Å². The van der Waals surface area contributed by atoms with Crippen LogP contribution in [0.1, 0.15) is 69.2 Å². The molecule has 0 aliphatic heterocycles. The van der Waals surface area contributed by atoms with Crippen molar-refractivity contribution in [1.82, 2.24) is 0 Å². The molecule has 0 saturated carbocycles. The minimum Gasteiger partial charge on any atom is -0.500 e. The summed E-state index contributed by atoms with van der Waals surface area (Å²) in [5.74, 6) is 3.49. The monoisotopic (exact) mass is 370 g/mol. The van der Waals surface area contributed by atoms with Crippen LogP contribution >= 0.6 is 0 Å². The molecule has 0 spiro atoms. The molecule has 24 heavy (non-hydrogen) atoms. The molecular weight excluding hydrogens is 328 g/mol. The average molecular weight is 371 g/mol. The highest BCUT2D eigenvalue weighted by Gasteiger charge is 2.47. The van der Waals surface area contributed by atoms with E-state index in [4.69, 9.17) is 8.85 Å². The van der Waals surface area contributed by atoms with Crippen molar-refractivity contribution in [2.45, 2.75) is 104 Å². The van der Waals surface area contributed by atoms with Crippen LogP contribution in [0.5, 0.6) is 0 Å². The number of hydrogen-bond donors (Lipinski definition) is 0. The van der Waals surface area contributed by atoms with Gasteiger partial charge in [0, 0.05) is 12.5 Å². The lowest BCUT2D eigenvalue weighted by Gasteiger charge is -2.39. The molecular formula is C20H42O2Si2. The number of hydrogen-bond acceptors (Lipinski definition) is 2. The molecule has 0 heterocycles. The summed E-state index contributed by atoms with van der Waals surface area (Å²) in [6.07, 6.45) is 3.09. The van der Waals surface area contributed by atoms with Gasteiger partial charge in [-0.15, -0.1) is 0 Å². The summed E-state index contributed by atoms with van der Waals surface area (Å²) >= 11 is 0. The Morgan fingerprint density at radius 1 is 0.833 bits per heavy atom. The topological polar surface area (TPSA) is 18.5 Å². The van der Waals surface area contributed by atoms with Gasteiger partial charge >= 0.3 is 0 Å². The van der Waals surface area contributed by atoms with E-state index in [0.717, 1.165) is 0 Å². The second-order valence-electron chi connectivity index (χ2n) is 9.64. The molecule has 1 atom stereocenters. The van der Waals surface area contributed by atoms with Gasteiger partial charge in [0.15, 0.2) is 8.32 Å². The third kappa shape index (κ3) is 5.93. The molecule has 0 radical (unpaired) electrons. The van der Waals surface area contributed by atoms with Crippen LogP contribution < -0.4 is 0 Å². The Labute approximate surface area is 154 Å².